The number of aromatic nitrogens is 1. The molecule has 1 amide bonds. The van der Waals surface area contributed by atoms with Crippen molar-refractivity contribution in [1.29, 1.82) is 0 Å². The van der Waals surface area contributed by atoms with Crippen LogP contribution in [0.5, 0.6) is 0 Å². The highest BCUT2D eigenvalue weighted by molar-refractivity contribution is 6.33. The summed E-state index contributed by atoms with van der Waals surface area (Å²) in [6.07, 6.45) is -0.178. The molecule has 5 nitrogen and oxygen atoms in total. The second kappa shape index (κ2) is 7.78. The molecule has 1 aliphatic heterocycles. The quantitative estimate of drug-likeness (QED) is 0.631. The van der Waals surface area contributed by atoms with E-state index in [1.54, 1.807) is 13.0 Å². The lowest BCUT2D eigenvalue weighted by atomic mass is 9.98. The number of morpholine rings is 1. The fourth-order valence-electron chi connectivity index (χ4n) is 3.69. The van der Waals surface area contributed by atoms with Gasteiger partial charge in [-0.05, 0) is 25.5 Å². The van der Waals surface area contributed by atoms with Gasteiger partial charge in [-0.2, -0.15) is 0 Å². The lowest BCUT2D eigenvalue weighted by Crippen LogP contribution is -2.48. The summed E-state index contributed by atoms with van der Waals surface area (Å²) >= 11 is 6.34. The normalized spacial score (nSPS) is 19.6. The Bertz CT molecular complexity index is 986. The van der Waals surface area contributed by atoms with E-state index in [0.717, 1.165) is 5.56 Å². The molecule has 4 rings (SSSR count). The van der Waals surface area contributed by atoms with Gasteiger partial charge in [0.15, 0.2) is 0 Å². The third-order valence-electron chi connectivity index (χ3n) is 5.15. The molecular formula is C22H21ClN2O3. The average molecular weight is 397 g/mol. The van der Waals surface area contributed by atoms with Gasteiger partial charge < -0.3 is 14.2 Å². The number of ether oxygens (including phenoxy) is 1. The standard InChI is InChI=1S/C22H21ClN2O3/c1-14-21(16-8-4-3-5-9-16)27-13-12-25(14)22(26)19-15(2)28-24-20(19)17-10-6-7-11-18(17)23/h3-11,14,21H,12-13H2,1-2H3/t14-,21-/m0/s1. The Labute approximate surface area is 168 Å². The number of hydrogen-bond donors (Lipinski definition) is 0. The second-order valence-electron chi connectivity index (χ2n) is 6.88. The second-order valence-corrected chi connectivity index (χ2v) is 7.29. The van der Waals surface area contributed by atoms with E-state index < -0.39 is 0 Å². The molecule has 2 atom stereocenters. The monoisotopic (exact) mass is 396 g/mol. The molecule has 1 fully saturated rings. The maximum Gasteiger partial charge on any atom is 0.260 e. The fourth-order valence-corrected chi connectivity index (χ4v) is 3.92. The number of benzene rings is 2. The third-order valence-corrected chi connectivity index (χ3v) is 5.48. The lowest BCUT2D eigenvalue weighted by Gasteiger charge is -2.39. The summed E-state index contributed by atoms with van der Waals surface area (Å²) in [6, 6.07) is 17.2. The molecule has 1 aliphatic rings. The average Bonchev–Trinajstić information content (AvgIpc) is 3.10. The van der Waals surface area contributed by atoms with Crippen LogP contribution in [0.4, 0.5) is 0 Å². The third kappa shape index (κ3) is 3.32. The van der Waals surface area contributed by atoms with E-state index in [-0.39, 0.29) is 18.1 Å². The molecule has 0 spiro atoms. The Morgan fingerprint density at radius 2 is 1.86 bits per heavy atom. The molecule has 2 aromatic carbocycles. The topological polar surface area (TPSA) is 55.6 Å². The lowest BCUT2D eigenvalue weighted by molar-refractivity contribution is -0.0551. The first kappa shape index (κ1) is 18.7. The number of hydrogen-bond acceptors (Lipinski definition) is 4. The van der Waals surface area contributed by atoms with E-state index in [0.29, 0.717) is 40.8 Å². The molecule has 0 radical (unpaired) electrons. The van der Waals surface area contributed by atoms with Gasteiger partial charge in [0.25, 0.3) is 5.91 Å². The van der Waals surface area contributed by atoms with Crippen LogP contribution in [0.15, 0.2) is 59.1 Å². The predicted molar refractivity (Wildman–Crippen MR) is 107 cm³/mol. The molecule has 144 valence electrons. The van der Waals surface area contributed by atoms with Gasteiger partial charge >= 0.3 is 0 Å². The van der Waals surface area contributed by atoms with E-state index in [9.17, 15) is 4.79 Å². The van der Waals surface area contributed by atoms with Crippen molar-refractivity contribution >= 4 is 17.5 Å². The zero-order chi connectivity index (χ0) is 19.7. The van der Waals surface area contributed by atoms with Crippen LogP contribution in [0.25, 0.3) is 11.3 Å². The van der Waals surface area contributed by atoms with Gasteiger partial charge in [0.2, 0.25) is 0 Å². The van der Waals surface area contributed by atoms with E-state index in [4.69, 9.17) is 20.9 Å². The van der Waals surface area contributed by atoms with Gasteiger partial charge in [-0.3, -0.25) is 4.79 Å². The highest BCUT2D eigenvalue weighted by Crippen LogP contribution is 2.34. The van der Waals surface area contributed by atoms with Gasteiger partial charge in [0, 0.05) is 12.1 Å². The highest BCUT2D eigenvalue weighted by Gasteiger charge is 2.36. The van der Waals surface area contributed by atoms with Crippen molar-refractivity contribution in [3.05, 3.63) is 76.5 Å². The van der Waals surface area contributed by atoms with Crippen LogP contribution in [-0.2, 0) is 4.74 Å². The maximum absolute atomic E-state index is 13.5. The minimum atomic E-state index is -0.178. The van der Waals surface area contributed by atoms with E-state index in [1.807, 2.05) is 60.4 Å². The van der Waals surface area contributed by atoms with E-state index in [1.165, 1.54) is 0 Å². The summed E-state index contributed by atoms with van der Waals surface area (Å²) in [7, 11) is 0. The van der Waals surface area contributed by atoms with Crippen LogP contribution in [-0.4, -0.2) is 35.2 Å². The number of amides is 1. The van der Waals surface area contributed by atoms with Crippen LogP contribution in [0.1, 0.15) is 34.7 Å². The predicted octanol–water partition coefficient (Wildman–Crippen LogP) is 4.91. The molecule has 0 aliphatic carbocycles. The van der Waals surface area contributed by atoms with E-state index >= 15 is 0 Å². The fraction of sp³-hybridized carbons (Fsp3) is 0.273. The van der Waals surface area contributed by atoms with Crippen molar-refractivity contribution in [2.24, 2.45) is 0 Å². The SMILES string of the molecule is Cc1onc(-c2ccccc2Cl)c1C(=O)N1CCO[C@H](c2ccccc2)[C@@H]1C. The summed E-state index contributed by atoms with van der Waals surface area (Å²) in [6.45, 7) is 4.74. The molecule has 0 saturated carbocycles. The largest absolute Gasteiger partial charge is 0.370 e. The van der Waals surface area contributed by atoms with Crippen molar-refractivity contribution < 1.29 is 14.1 Å². The molecule has 28 heavy (non-hydrogen) atoms. The molecule has 0 unspecified atom stereocenters. The van der Waals surface area contributed by atoms with Crippen molar-refractivity contribution in [3.8, 4) is 11.3 Å². The number of halogens is 1. The van der Waals surface area contributed by atoms with Crippen LogP contribution in [0.2, 0.25) is 5.02 Å². The van der Waals surface area contributed by atoms with Gasteiger partial charge in [0.05, 0.1) is 17.7 Å². The van der Waals surface area contributed by atoms with Crippen molar-refractivity contribution in [2.45, 2.75) is 26.0 Å². The Balaban J connectivity index is 1.68. The Morgan fingerprint density at radius 3 is 2.61 bits per heavy atom. The van der Waals surface area contributed by atoms with Crippen molar-refractivity contribution in [2.75, 3.05) is 13.2 Å². The zero-order valence-corrected chi connectivity index (χ0v) is 16.5. The number of rotatable bonds is 3. The Kier molecular flexibility index (Phi) is 5.20. The minimum absolute atomic E-state index is 0.120. The highest BCUT2D eigenvalue weighted by atomic mass is 35.5. The first-order chi connectivity index (χ1) is 13.6. The number of carbonyl (C=O) groups is 1. The van der Waals surface area contributed by atoms with Gasteiger partial charge in [-0.1, -0.05) is 65.3 Å². The number of nitrogens with zero attached hydrogens (tertiary/aromatic N) is 2. The maximum atomic E-state index is 13.5. The minimum Gasteiger partial charge on any atom is -0.370 e. The van der Waals surface area contributed by atoms with Crippen molar-refractivity contribution in [3.63, 3.8) is 0 Å². The summed E-state index contributed by atoms with van der Waals surface area (Å²) in [4.78, 5) is 15.3. The number of carbonyl (C=O) groups excluding carboxylic acids is 1. The smallest absolute Gasteiger partial charge is 0.260 e. The van der Waals surface area contributed by atoms with Crippen molar-refractivity contribution in [1.82, 2.24) is 10.1 Å². The molecule has 2 heterocycles. The summed E-state index contributed by atoms with van der Waals surface area (Å²) in [5.74, 6) is 0.361. The zero-order valence-electron chi connectivity index (χ0n) is 15.8. The van der Waals surface area contributed by atoms with E-state index in [2.05, 4.69) is 5.16 Å². The first-order valence-electron chi connectivity index (χ1n) is 9.26. The molecule has 6 heteroatoms. The Morgan fingerprint density at radius 1 is 1.14 bits per heavy atom. The summed E-state index contributed by atoms with van der Waals surface area (Å²) < 4.78 is 11.4. The molecule has 3 aromatic rings. The van der Waals surface area contributed by atoms with Gasteiger partial charge in [-0.25, -0.2) is 0 Å². The molecular weight excluding hydrogens is 376 g/mol. The first-order valence-corrected chi connectivity index (χ1v) is 9.64. The summed E-state index contributed by atoms with van der Waals surface area (Å²) in [5.41, 5.74) is 2.67. The Hall–Kier alpha value is -2.63. The number of aryl methyl sites for hydroxylation is 1. The molecule has 1 aromatic heterocycles. The van der Waals surface area contributed by atoms with Crippen LogP contribution in [0.3, 0.4) is 0 Å². The van der Waals surface area contributed by atoms with Gasteiger partial charge in [-0.15, -0.1) is 0 Å². The van der Waals surface area contributed by atoms with Crippen LogP contribution >= 0.6 is 11.6 Å². The van der Waals surface area contributed by atoms with Gasteiger partial charge in [0.1, 0.15) is 23.1 Å². The van der Waals surface area contributed by atoms with Crippen LogP contribution in [0, 0.1) is 6.92 Å². The molecule has 1 saturated heterocycles. The molecule has 0 bridgehead atoms. The molecule has 0 N–H and O–H groups in total. The summed E-state index contributed by atoms with van der Waals surface area (Å²) in [5, 5.41) is 4.66. The van der Waals surface area contributed by atoms with Crippen LogP contribution < -0.4 is 0 Å².